The van der Waals surface area contributed by atoms with Crippen molar-refractivity contribution >= 4 is 18.2 Å². The first-order valence-corrected chi connectivity index (χ1v) is 5.85. The summed E-state index contributed by atoms with van der Waals surface area (Å²) >= 11 is 1.39. The van der Waals surface area contributed by atoms with Crippen LogP contribution in [0.15, 0.2) is 28.7 Å². The summed E-state index contributed by atoms with van der Waals surface area (Å²) < 4.78 is 41.0. The van der Waals surface area contributed by atoms with Crippen molar-refractivity contribution in [2.45, 2.75) is 31.7 Å². The molecule has 0 bridgehead atoms. The van der Waals surface area contributed by atoms with Crippen LogP contribution in [0.4, 0.5) is 13.2 Å². The fourth-order valence-corrected chi connectivity index (χ4v) is 1.49. The highest BCUT2D eigenvalue weighted by Gasteiger charge is 2.29. The van der Waals surface area contributed by atoms with Crippen LogP contribution in [0.3, 0.4) is 0 Å². The summed E-state index contributed by atoms with van der Waals surface area (Å²) in [6, 6.07) is 4.94. The molecule has 0 aromatic heterocycles. The third-order valence-corrected chi connectivity index (χ3v) is 2.52. The molecule has 94 valence electrons. The number of nitrogens with zero attached hydrogens (tertiary/aromatic N) is 1. The molecule has 0 amide bonds. The zero-order valence-electron chi connectivity index (χ0n) is 9.88. The SMILES string of the molecule is CC(C)(C)S/N=C/c1ccc(C(F)(F)F)cc1. The second-order valence-electron chi connectivity index (χ2n) is 4.56. The van der Waals surface area contributed by atoms with Crippen molar-refractivity contribution in [3.63, 3.8) is 0 Å². The highest BCUT2D eigenvalue weighted by molar-refractivity contribution is 7.99. The Balaban J connectivity index is 2.69. The largest absolute Gasteiger partial charge is 0.416 e. The summed E-state index contributed by atoms with van der Waals surface area (Å²) in [7, 11) is 0. The van der Waals surface area contributed by atoms with Crippen molar-refractivity contribution < 1.29 is 13.2 Å². The highest BCUT2D eigenvalue weighted by atomic mass is 32.2. The van der Waals surface area contributed by atoms with Crippen LogP contribution in [0.2, 0.25) is 0 Å². The van der Waals surface area contributed by atoms with Gasteiger partial charge in [0.25, 0.3) is 0 Å². The first-order valence-electron chi connectivity index (χ1n) is 5.07. The van der Waals surface area contributed by atoms with Gasteiger partial charge in [-0.1, -0.05) is 12.1 Å². The average molecular weight is 261 g/mol. The lowest BCUT2D eigenvalue weighted by Crippen LogP contribution is -2.05. The van der Waals surface area contributed by atoms with Crippen molar-refractivity contribution in [3.8, 4) is 0 Å². The van der Waals surface area contributed by atoms with Crippen molar-refractivity contribution in [1.82, 2.24) is 0 Å². The van der Waals surface area contributed by atoms with Crippen molar-refractivity contribution in [1.29, 1.82) is 0 Å². The summed E-state index contributed by atoms with van der Waals surface area (Å²) in [6.07, 6.45) is -2.72. The Morgan fingerprint density at radius 1 is 1.06 bits per heavy atom. The Morgan fingerprint density at radius 3 is 2.00 bits per heavy atom. The number of hydrogen-bond acceptors (Lipinski definition) is 2. The van der Waals surface area contributed by atoms with E-state index in [2.05, 4.69) is 4.40 Å². The molecule has 0 atom stereocenters. The first-order chi connectivity index (χ1) is 7.68. The van der Waals surface area contributed by atoms with Gasteiger partial charge in [0, 0.05) is 11.0 Å². The van der Waals surface area contributed by atoms with Gasteiger partial charge in [0.05, 0.1) is 5.56 Å². The molecule has 1 rings (SSSR count). The van der Waals surface area contributed by atoms with Gasteiger partial charge in [0.15, 0.2) is 0 Å². The molecule has 0 radical (unpaired) electrons. The minimum absolute atomic E-state index is 0.00239. The summed E-state index contributed by atoms with van der Waals surface area (Å²) in [5.41, 5.74) is 0.0212. The molecule has 0 aliphatic carbocycles. The quantitative estimate of drug-likeness (QED) is 0.561. The van der Waals surface area contributed by atoms with Gasteiger partial charge >= 0.3 is 6.18 Å². The molecule has 0 fully saturated rings. The predicted molar refractivity (Wildman–Crippen MR) is 66.4 cm³/mol. The molecule has 0 saturated carbocycles. The number of alkyl halides is 3. The maximum Gasteiger partial charge on any atom is 0.416 e. The van der Waals surface area contributed by atoms with E-state index in [-0.39, 0.29) is 4.75 Å². The molecule has 5 heteroatoms. The van der Waals surface area contributed by atoms with Gasteiger partial charge in [0.2, 0.25) is 0 Å². The zero-order valence-corrected chi connectivity index (χ0v) is 10.7. The smallest absolute Gasteiger partial charge is 0.223 e. The van der Waals surface area contributed by atoms with E-state index in [0.29, 0.717) is 5.56 Å². The van der Waals surface area contributed by atoms with E-state index >= 15 is 0 Å². The van der Waals surface area contributed by atoms with Gasteiger partial charge in [-0.15, -0.1) is 0 Å². The normalized spacial score (nSPS) is 13.3. The summed E-state index contributed by atoms with van der Waals surface area (Å²) in [4.78, 5) is 0. The first kappa shape index (κ1) is 14.1. The van der Waals surface area contributed by atoms with Gasteiger partial charge in [-0.3, -0.25) is 0 Å². The van der Waals surface area contributed by atoms with Crippen LogP contribution in [0, 0.1) is 0 Å². The molecule has 0 heterocycles. The Bertz CT molecular complexity index is 388. The molecule has 0 aliphatic heterocycles. The maximum absolute atomic E-state index is 12.3. The van der Waals surface area contributed by atoms with E-state index in [1.807, 2.05) is 20.8 Å². The second-order valence-corrected chi connectivity index (χ2v) is 6.18. The lowest BCUT2D eigenvalue weighted by molar-refractivity contribution is -0.137. The molecule has 1 aromatic rings. The molecular formula is C12H14F3NS. The minimum atomic E-state index is -4.28. The fraction of sp³-hybridized carbons (Fsp3) is 0.417. The molecule has 1 nitrogen and oxygen atoms in total. The molecule has 0 aliphatic rings. The van der Waals surface area contributed by atoms with Gasteiger partial charge in [-0.25, -0.2) is 4.40 Å². The third kappa shape index (κ3) is 5.26. The summed E-state index contributed by atoms with van der Waals surface area (Å²) in [5, 5.41) is 0. The van der Waals surface area contributed by atoms with E-state index in [1.165, 1.54) is 24.1 Å². The summed E-state index contributed by atoms with van der Waals surface area (Å²) in [5.74, 6) is 0. The number of rotatable bonds is 2. The van der Waals surface area contributed by atoms with E-state index in [4.69, 9.17) is 0 Å². The van der Waals surface area contributed by atoms with Gasteiger partial charge in [-0.05, 0) is 50.4 Å². The van der Waals surface area contributed by atoms with E-state index in [1.54, 1.807) is 6.21 Å². The van der Waals surface area contributed by atoms with Crippen LogP contribution in [0.1, 0.15) is 31.9 Å². The molecule has 0 N–H and O–H groups in total. The highest BCUT2D eigenvalue weighted by Crippen LogP contribution is 2.29. The van der Waals surface area contributed by atoms with E-state index in [9.17, 15) is 13.2 Å². The average Bonchev–Trinajstić information content (AvgIpc) is 2.15. The maximum atomic E-state index is 12.3. The van der Waals surface area contributed by atoms with E-state index < -0.39 is 11.7 Å². The Kier molecular flexibility index (Phi) is 4.25. The number of halogens is 3. The standard InChI is InChI=1S/C12H14F3NS/c1-11(2,3)17-16-8-9-4-6-10(7-5-9)12(13,14)15/h4-8H,1-3H3/b16-8+. The Morgan fingerprint density at radius 2 is 1.59 bits per heavy atom. The topological polar surface area (TPSA) is 12.4 Å². The van der Waals surface area contributed by atoms with Crippen LogP contribution in [0.5, 0.6) is 0 Å². The van der Waals surface area contributed by atoms with Crippen LogP contribution in [0.25, 0.3) is 0 Å². The third-order valence-electron chi connectivity index (χ3n) is 1.77. The minimum Gasteiger partial charge on any atom is -0.223 e. The van der Waals surface area contributed by atoms with Crippen LogP contribution < -0.4 is 0 Å². The van der Waals surface area contributed by atoms with Crippen LogP contribution in [-0.2, 0) is 6.18 Å². The Labute approximate surface area is 103 Å². The lowest BCUT2D eigenvalue weighted by atomic mass is 10.1. The monoisotopic (exact) mass is 261 g/mol. The Hall–Kier alpha value is -0.970. The van der Waals surface area contributed by atoms with Gasteiger partial charge < -0.3 is 0 Å². The predicted octanol–water partition coefficient (Wildman–Crippen LogP) is 4.57. The fourth-order valence-electron chi connectivity index (χ4n) is 1.00. The van der Waals surface area contributed by atoms with Crippen molar-refractivity contribution in [3.05, 3.63) is 35.4 Å². The van der Waals surface area contributed by atoms with Crippen molar-refractivity contribution in [2.75, 3.05) is 0 Å². The number of benzene rings is 1. The molecule has 1 aromatic carbocycles. The lowest BCUT2D eigenvalue weighted by Gasteiger charge is -2.12. The van der Waals surface area contributed by atoms with Crippen LogP contribution >= 0.6 is 11.9 Å². The molecule has 0 unspecified atom stereocenters. The molecular weight excluding hydrogens is 247 g/mol. The molecule has 17 heavy (non-hydrogen) atoms. The molecule has 0 spiro atoms. The van der Waals surface area contributed by atoms with Gasteiger partial charge in [0.1, 0.15) is 0 Å². The zero-order chi connectivity index (χ0) is 13.1. The van der Waals surface area contributed by atoms with Crippen molar-refractivity contribution in [2.24, 2.45) is 4.40 Å². The van der Waals surface area contributed by atoms with Gasteiger partial charge in [-0.2, -0.15) is 13.2 Å². The number of hydrogen-bond donors (Lipinski definition) is 0. The molecule has 0 saturated heterocycles. The second kappa shape index (κ2) is 5.12. The van der Waals surface area contributed by atoms with Crippen LogP contribution in [-0.4, -0.2) is 11.0 Å². The van der Waals surface area contributed by atoms with E-state index in [0.717, 1.165) is 12.1 Å². The summed E-state index contributed by atoms with van der Waals surface area (Å²) in [6.45, 7) is 6.05.